The number of hydrogen-bond donors (Lipinski definition) is 6. The van der Waals surface area contributed by atoms with E-state index in [0.717, 1.165) is 36.4 Å². The molecule has 0 radical (unpaired) electrons. The van der Waals surface area contributed by atoms with E-state index < -0.39 is 111 Å². The van der Waals surface area contributed by atoms with Crippen molar-refractivity contribution in [2.45, 2.75) is 19.6 Å². The smallest absolute Gasteiger partial charge is 0.294 e. The third-order valence-electron chi connectivity index (χ3n) is 6.48. The minimum Gasteiger partial charge on any atom is -0.507 e. The average molecular weight is 743 g/mol. The van der Waals surface area contributed by atoms with Crippen LogP contribution in [0.25, 0.3) is 0 Å². The summed E-state index contributed by atoms with van der Waals surface area (Å²) in [4.78, 5) is 35.5. The van der Waals surface area contributed by atoms with Crippen molar-refractivity contribution in [1.29, 1.82) is 0 Å². The van der Waals surface area contributed by atoms with Crippen molar-refractivity contribution in [2.75, 3.05) is 0 Å². The topological polar surface area (TPSA) is 309 Å². The van der Waals surface area contributed by atoms with Gasteiger partial charge in [-0.25, -0.2) is 0 Å². The van der Waals surface area contributed by atoms with Crippen LogP contribution in [-0.4, -0.2) is 79.4 Å². The molecule has 0 aromatic heterocycles. The van der Waals surface area contributed by atoms with Gasteiger partial charge in [-0.15, -0.1) is 0 Å². The molecule has 0 aliphatic heterocycles. The predicted molar refractivity (Wildman–Crippen MR) is 159 cm³/mol. The zero-order chi connectivity index (χ0) is 36.1. The van der Waals surface area contributed by atoms with Crippen molar-refractivity contribution in [3.05, 3.63) is 106 Å². The number of ketones is 3. The maximum Gasteiger partial charge on any atom is 0.294 e. The van der Waals surface area contributed by atoms with Crippen LogP contribution in [-0.2, 0) is 40.5 Å². The number of rotatable bonds is 10. The zero-order valence-electron chi connectivity index (χ0n) is 23.2. The lowest BCUT2D eigenvalue weighted by Crippen LogP contribution is -2.11. The van der Waals surface area contributed by atoms with E-state index in [-0.39, 0.29) is 11.1 Å². The summed E-state index contributed by atoms with van der Waals surface area (Å²) in [5.41, 5.74) is -3.72. The van der Waals surface area contributed by atoms with E-state index in [0.29, 0.717) is 36.4 Å². The molecule has 48 heavy (non-hydrogen) atoms. The monoisotopic (exact) mass is 742 g/mol. The van der Waals surface area contributed by atoms with E-state index in [1.807, 2.05) is 0 Å². The van der Waals surface area contributed by atoms with Crippen LogP contribution in [0.4, 0.5) is 0 Å². The van der Waals surface area contributed by atoms with Gasteiger partial charge in [-0.3, -0.25) is 32.6 Å². The first-order valence-electron chi connectivity index (χ1n) is 12.4. The van der Waals surface area contributed by atoms with Crippen molar-refractivity contribution >= 4 is 57.8 Å². The molecule has 4 aromatic rings. The zero-order valence-corrected chi connectivity index (χ0v) is 26.5. The van der Waals surface area contributed by atoms with Crippen molar-refractivity contribution in [3.63, 3.8) is 0 Å². The van der Waals surface area contributed by atoms with Crippen LogP contribution in [0.1, 0.15) is 47.8 Å². The highest BCUT2D eigenvalue weighted by Gasteiger charge is 2.26. The molecular formula is C27H18O17S4. The molecule has 4 rings (SSSR count). The Morgan fingerprint density at radius 1 is 0.375 bits per heavy atom. The standard InChI is InChI=1S/C27H18O17S4/c28-23-3-1-13(9-21(23)26(31)15-5-17(45(33,34)35)11-18(6-15)46(36,37)38)25(30)14-2-4-24(29)22(10-14)27(32)16-7-19(47(39,40)41)12-20(8-16)48(42,43)44/h1-12,28-29H,(H,33,34,35)(H,36,37,38)(H,39,40,41)(H,42,43,44). The third kappa shape index (κ3) is 7.64. The Balaban J connectivity index is 1.80. The van der Waals surface area contributed by atoms with Crippen LogP contribution in [0.5, 0.6) is 11.5 Å². The number of carbonyl (C=O) groups is 3. The number of hydrogen-bond acceptors (Lipinski definition) is 13. The van der Waals surface area contributed by atoms with Gasteiger partial charge >= 0.3 is 0 Å². The number of carbonyl (C=O) groups excluding carboxylic acids is 3. The van der Waals surface area contributed by atoms with Crippen molar-refractivity contribution in [3.8, 4) is 11.5 Å². The maximum absolute atomic E-state index is 13.4. The van der Waals surface area contributed by atoms with Crippen LogP contribution < -0.4 is 0 Å². The molecule has 4 aromatic carbocycles. The number of benzene rings is 4. The quantitative estimate of drug-likeness (QED) is 0.0996. The number of aromatic hydroxyl groups is 2. The first-order valence-corrected chi connectivity index (χ1v) is 18.1. The van der Waals surface area contributed by atoms with E-state index in [4.69, 9.17) is 0 Å². The molecule has 0 aliphatic carbocycles. The summed E-state index contributed by atoms with van der Waals surface area (Å²) < 4.78 is 131. The molecule has 0 saturated carbocycles. The van der Waals surface area contributed by atoms with Gasteiger partial charge in [-0.2, -0.15) is 33.7 Å². The summed E-state index contributed by atoms with van der Waals surface area (Å²) in [6, 6.07) is 8.09. The Labute approximate surface area is 270 Å². The van der Waals surface area contributed by atoms with Crippen LogP contribution in [0.2, 0.25) is 0 Å². The van der Waals surface area contributed by atoms with Gasteiger partial charge in [0.25, 0.3) is 40.5 Å². The fourth-order valence-corrected chi connectivity index (χ4v) is 6.55. The first kappa shape index (κ1) is 36.0. The second-order valence-corrected chi connectivity index (χ2v) is 15.4. The minimum atomic E-state index is -5.12. The number of phenols is 2. The molecule has 0 unspecified atom stereocenters. The molecule has 17 nitrogen and oxygen atoms in total. The van der Waals surface area contributed by atoms with E-state index >= 15 is 0 Å². The Kier molecular flexibility index (Phi) is 9.22. The van der Waals surface area contributed by atoms with Gasteiger partial charge in [-0.1, -0.05) is 0 Å². The molecule has 0 amide bonds. The molecule has 21 heteroatoms. The molecule has 0 fully saturated rings. The molecule has 0 spiro atoms. The Morgan fingerprint density at radius 3 is 0.896 bits per heavy atom. The average Bonchev–Trinajstić information content (AvgIpc) is 2.98. The van der Waals surface area contributed by atoms with Gasteiger partial charge in [0.1, 0.15) is 11.5 Å². The number of phenolic OH excluding ortho intramolecular Hbond substituents is 2. The Morgan fingerprint density at radius 2 is 0.646 bits per heavy atom. The van der Waals surface area contributed by atoms with Crippen LogP contribution >= 0.6 is 0 Å². The molecule has 0 aliphatic rings. The van der Waals surface area contributed by atoms with Crippen molar-refractivity contribution in [2.24, 2.45) is 0 Å². The molecule has 0 saturated heterocycles. The molecule has 6 N–H and O–H groups in total. The highest BCUT2D eigenvalue weighted by molar-refractivity contribution is 7.87. The fraction of sp³-hybridized carbons (Fsp3) is 0. The summed E-state index contributed by atoms with van der Waals surface area (Å²) in [7, 11) is -20.5. The molecule has 0 heterocycles. The van der Waals surface area contributed by atoms with Gasteiger partial charge in [0.2, 0.25) is 0 Å². The fourth-order valence-electron chi connectivity index (χ4n) is 4.20. The Hall–Kier alpha value is -4.87. The third-order valence-corrected chi connectivity index (χ3v) is 9.81. The lowest BCUT2D eigenvalue weighted by atomic mass is 9.94. The highest BCUT2D eigenvalue weighted by atomic mass is 32.2. The van der Waals surface area contributed by atoms with Gasteiger partial charge in [0, 0.05) is 22.3 Å². The maximum atomic E-state index is 13.4. The SMILES string of the molecule is O=C(c1ccc(O)c(C(=O)c2cc(S(=O)(=O)O)cc(S(=O)(=O)O)c2)c1)c1ccc(O)c(C(=O)c2cc(S(=O)(=O)O)cc(S(=O)(=O)O)c2)c1. The summed E-state index contributed by atoms with van der Waals surface area (Å²) in [5, 5.41) is 20.7. The predicted octanol–water partition coefficient (Wildman–Crippen LogP) is 1.78. The molecule has 252 valence electrons. The van der Waals surface area contributed by atoms with Crippen LogP contribution in [0.3, 0.4) is 0 Å². The van der Waals surface area contributed by atoms with Gasteiger partial charge < -0.3 is 10.2 Å². The van der Waals surface area contributed by atoms with E-state index in [9.17, 15) is 76.5 Å². The molecule has 0 atom stereocenters. The van der Waals surface area contributed by atoms with Gasteiger partial charge in [0.05, 0.1) is 30.7 Å². The lowest BCUT2D eigenvalue weighted by molar-refractivity contribution is 0.102. The first-order chi connectivity index (χ1) is 21.9. The summed E-state index contributed by atoms with van der Waals surface area (Å²) in [6.07, 6.45) is 0. The van der Waals surface area contributed by atoms with Crippen molar-refractivity contribution < 1.29 is 76.5 Å². The second-order valence-electron chi connectivity index (χ2n) is 9.74. The summed E-state index contributed by atoms with van der Waals surface area (Å²) in [6.45, 7) is 0. The summed E-state index contributed by atoms with van der Waals surface area (Å²) >= 11 is 0. The van der Waals surface area contributed by atoms with Gasteiger partial charge in [-0.05, 0) is 72.8 Å². The largest absolute Gasteiger partial charge is 0.507 e. The summed E-state index contributed by atoms with van der Waals surface area (Å²) in [5.74, 6) is -5.15. The second kappa shape index (κ2) is 12.3. The van der Waals surface area contributed by atoms with E-state index in [1.165, 1.54) is 0 Å². The minimum absolute atomic E-state index is 0.355. The lowest BCUT2D eigenvalue weighted by Gasteiger charge is -2.11. The highest BCUT2D eigenvalue weighted by Crippen LogP contribution is 2.29. The Bertz CT molecular complexity index is 2240. The van der Waals surface area contributed by atoms with E-state index in [1.54, 1.807) is 0 Å². The van der Waals surface area contributed by atoms with Crippen molar-refractivity contribution in [1.82, 2.24) is 0 Å². The normalized spacial score (nSPS) is 12.4. The van der Waals surface area contributed by atoms with Gasteiger partial charge in [0.15, 0.2) is 17.3 Å². The van der Waals surface area contributed by atoms with Crippen LogP contribution in [0, 0.1) is 0 Å². The van der Waals surface area contributed by atoms with Crippen LogP contribution in [0.15, 0.2) is 92.4 Å². The molecular weight excluding hydrogens is 725 g/mol. The van der Waals surface area contributed by atoms with E-state index in [2.05, 4.69) is 0 Å². The molecule has 0 bridgehead atoms.